The minimum atomic E-state index is -4.16. The van der Waals surface area contributed by atoms with Crippen molar-refractivity contribution in [2.75, 3.05) is 13.1 Å². The SMILES string of the molecule is OC1(CCC(F)(F)F)CCCNCC1. The molecule has 0 aromatic heterocycles. The van der Waals surface area contributed by atoms with Crippen LogP contribution in [0, 0.1) is 0 Å². The molecule has 0 amide bonds. The fourth-order valence-corrected chi connectivity index (χ4v) is 1.74. The molecular formula is C9H16F3NO. The minimum Gasteiger partial charge on any atom is -0.390 e. The van der Waals surface area contributed by atoms with E-state index in [0.29, 0.717) is 19.4 Å². The van der Waals surface area contributed by atoms with Gasteiger partial charge in [-0.2, -0.15) is 13.2 Å². The Hall–Kier alpha value is -0.290. The molecule has 1 unspecified atom stereocenters. The van der Waals surface area contributed by atoms with E-state index >= 15 is 0 Å². The smallest absolute Gasteiger partial charge is 0.389 e. The molecular weight excluding hydrogens is 195 g/mol. The highest BCUT2D eigenvalue weighted by molar-refractivity contribution is 4.83. The van der Waals surface area contributed by atoms with Gasteiger partial charge in [-0.25, -0.2) is 0 Å². The first kappa shape index (κ1) is 11.8. The lowest BCUT2D eigenvalue weighted by molar-refractivity contribution is -0.147. The zero-order valence-corrected chi connectivity index (χ0v) is 8.03. The normalized spacial score (nSPS) is 30.0. The van der Waals surface area contributed by atoms with Crippen LogP contribution in [0.25, 0.3) is 0 Å². The molecule has 0 aliphatic carbocycles. The third-order valence-corrected chi connectivity index (χ3v) is 2.64. The number of rotatable bonds is 2. The second-order valence-corrected chi connectivity index (χ2v) is 3.94. The fourth-order valence-electron chi connectivity index (χ4n) is 1.74. The Bertz CT molecular complexity index is 173. The molecule has 0 aromatic carbocycles. The molecule has 1 rings (SSSR count). The standard InChI is InChI=1S/C9H16F3NO/c10-9(11,12)4-3-8(14)2-1-6-13-7-5-8/h13-14H,1-7H2. The van der Waals surface area contributed by atoms with Gasteiger partial charge in [-0.05, 0) is 38.8 Å². The predicted octanol–water partition coefficient (Wildman–Crippen LogP) is 1.83. The highest BCUT2D eigenvalue weighted by atomic mass is 19.4. The van der Waals surface area contributed by atoms with Gasteiger partial charge in [-0.15, -0.1) is 0 Å². The van der Waals surface area contributed by atoms with E-state index in [1.165, 1.54) is 0 Å². The summed E-state index contributed by atoms with van der Waals surface area (Å²) in [5.41, 5.74) is -1.11. The van der Waals surface area contributed by atoms with Gasteiger partial charge in [0.1, 0.15) is 0 Å². The second-order valence-electron chi connectivity index (χ2n) is 3.94. The summed E-state index contributed by atoms with van der Waals surface area (Å²) in [4.78, 5) is 0. The van der Waals surface area contributed by atoms with Gasteiger partial charge in [-0.1, -0.05) is 0 Å². The zero-order valence-electron chi connectivity index (χ0n) is 8.03. The molecule has 0 bridgehead atoms. The summed E-state index contributed by atoms with van der Waals surface area (Å²) in [5.74, 6) is 0. The Morgan fingerprint density at radius 1 is 1.21 bits per heavy atom. The lowest BCUT2D eigenvalue weighted by atomic mass is 9.90. The van der Waals surface area contributed by atoms with Crippen LogP contribution >= 0.6 is 0 Å². The van der Waals surface area contributed by atoms with Crippen LogP contribution in [0.2, 0.25) is 0 Å². The molecule has 2 N–H and O–H groups in total. The summed E-state index contributed by atoms with van der Waals surface area (Å²) in [7, 11) is 0. The van der Waals surface area contributed by atoms with E-state index in [0.717, 1.165) is 13.0 Å². The van der Waals surface area contributed by atoms with Crippen LogP contribution in [0.4, 0.5) is 13.2 Å². The summed E-state index contributed by atoms with van der Waals surface area (Å²) in [5, 5.41) is 12.9. The van der Waals surface area contributed by atoms with E-state index in [9.17, 15) is 18.3 Å². The molecule has 1 aliphatic rings. The van der Waals surface area contributed by atoms with Crippen LogP contribution in [0.3, 0.4) is 0 Å². The molecule has 1 fully saturated rings. The van der Waals surface area contributed by atoms with E-state index in [2.05, 4.69) is 5.32 Å². The lowest BCUT2D eigenvalue weighted by Gasteiger charge is -2.26. The molecule has 1 atom stereocenters. The van der Waals surface area contributed by atoms with Crippen molar-refractivity contribution in [3.63, 3.8) is 0 Å². The Morgan fingerprint density at radius 2 is 1.93 bits per heavy atom. The first-order valence-electron chi connectivity index (χ1n) is 4.91. The van der Waals surface area contributed by atoms with E-state index in [1.54, 1.807) is 0 Å². The maximum absolute atomic E-state index is 12.0. The van der Waals surface area contributed by atoms with Gasteiger partial charge in [0.15, 0.2) is 0 Å². The van der Waals surface area contributed by atoms with Gasteiger partial charge in [0.25, 0.3) is 0 Å². The number of alkyl halides is 3. The second kappa shape index (κ2) is 4.49. The van der Waals surface area contributed by atoms with Crippen molar-refractivity contribution < 1.29 is 18.3 Å². The Kier molecular flexibility index (Phi) is 3.78. The average molecular weight is 211 g/mol. The van der Waals surface area contributed by atoms with Crippen molar-refractivity contribution in [2.45, 2.75) is 43.9 Å². The topological polar surface area (TPSA) is 32.3 Å². The van der Waals surface area contributed by atoms with E-state index in [1.807, 2.05) is 0 Å². The molecule has 0 aromatic rings. The number of aliphatic hydroxyl groups is 1. The van der Waals surface area contributed by atoms with Gasteiger partial charge in [0.2, 0.25) is 0 Å². The molecule has 1 aliphatic heterocycles. The van der Waals surface area contributed by atoms with Crippen LogP contribution in [-0.4, -0.2) is 30.0 Å². The van der Waals surface area contributed by atoms with E-state index in [4.69, 9.17) is 0 Å². The molecule has 14 heavy (non-hydrogen) atoms. The third-order valence-electron chi connectivity index (χ3n) is 2.64. The van der Waals surface area contributed by atoms with Crippen molar-refractivity contribution in [2.24, 2.45) is 0 Å². The molecule has 1 heterocycles. The molecule has 1 saturated heterocycles. The fraction of sp³-hybridized carbons (Fsp3) is 1.00. The quantitative estimate of drug-likeness (QED) is 0.730. The summed E-state index contributed by atoms with van der Waals surface area (Å²) in [6.07, 6.45) is -3.58. The summed E-state index contributed by atoms with van der Waals surface area (Å²) >= 11 is 0. The van der Waals surface area contributed by atoms with Crippen LogP contribution in [0.1, 0.15) is 32.1 Å². The van der Waals surface area contributed by atoms with Crippen molar-refractivity contribution in [3.05, 3.63) is 0 Å². The predicted molar refractivity (Wildman–Crippen MR) is 47.0 cm³/mol. The van der Waals surface area contributed by atoms with Crippen molar-refractivity contribution in [1.29, 1.82) is 0 Å². The van der Waals surface area contributed by atoms with Crippen LogP contribution in [-0.2, 0) is 0 Å². The molecule has 0 radical (unpaired) electrons. The van der Waals surface area contributed by atoms with Gasteiger partial charge in [0.05, 0.1) is 5.60 Å². The van der Waals surface area contributed by atoms with Gasteiger partial charge in [-0.3, -0.25) is 0 Å². The highest BCUT2D eigenvalue weighted by Gasteiger charge is 2.34. The summed E-state index contributed by atoms with van der Waals surface area (Å²) in [6.45, 7) is 1.39. The Balaban J connectivity index is 2.39. The summed E-state index contributed by atoms with van der Waals surface area (Å²) in [6, 6.07) is 0. The van der Waals surface area contributed by atoms with Crippen molar-refractivity contribution >= 4 is 0 Å². The molecule has 84 valence electrons. The average Bonchev–Trinajstić information content (AvgIpc) is 2.27. The van der Waals surface area contributed by atoms with Crippen LogP contribution in [0.15, 0.2) is 0 Å². The van der Waals surface area contributed by atoms with Crippen molar-refractivity contribution in [1.82, 2.24) is 5.32 Å². The molecule has 0 saturated carbocycles. The molecule has 0 spiro atoms. The summed E-state index contributed by atoms with van der Waals surface area (Å²) < 4.78 is 35.9. The molecule has 2 nitrogen and oxygen atoms in total. The van der Waals surface area contributed by atoms with E-state index in [-0.39, 0.29) is 6.42 Å². The maximum Gasteiger partial charge on any atom is 0.389 e. The number of halogens is 3. The number of hydrogen-bond donors (Lipinski definition) is 2. The molecule has 5 heteroatoms. The van der Waals surface area contributed by atoms with Crippen LogP contribution < -0.4 is 5.32 Å². The van der Waals surface area contributed by atoms with Gasteiger partial charge >= 0.3 is 6.18 Å². The largest absolute Gasteiger partial charge is 0.390 e. The maximum atomic E-state index is 12.0. The van der Waals surface area contributed by atoms with Crippen LogP contribution in [0.5, 0.6) is 0 Å². The highest BCUT2D eigenvalue weighted by Crippen LogP contribution is 2.30. The van der Waals surface area contributed by atoms with Gasteiger partial charge in [0, 0.05) is 6.42 Å². The third kappa shape index (κ3) is 4.28. The van der Waals surface area contributed by atoms with Gasteiger partial charge < -0.3 is 10.4 Å². The first-order valence-corrected chi connectivity index (χ1v) is 4.91. The lowest BCUT2D eigenvalue weighted by Crippen LogP contribution is -2.31. The Labute approximate surface area is 81.5 Å². The zero-order chi connectivity index (χ0) is 10.7. The minimum absolute atomic E-state index is 0.168. The first-order chi connectivity index (χ1) is 6.41. The van der Waals surface area contributed by atoms with E-state index < -0.39 is 18.2 Å². The van der Waals surface area contributed by atoms with Crippen molar-refractivity contribution in [3.8, 4) is 0 Å². The number of nitrogens with one attached hydrogen (secondary N) is 1. The Morgan fingerprint density at radius 3 is 2.57 bits per heavy atom. The monoisotopic (exact) mass is 211 g/mol. The number of hydrogen-bond acceptors (Lipinski definition) is 2.